The highest BCUT2D eigenvalue weighted by Crippen LogP contribution is 2.54. The molecule has 168 valence electrons. The number of methoxy groups -OCH3 is 1. The van der Waals surface area contributed by atoms with Crippen molar-refractivity contribution >= 4 is 6.16 Å². The van der Waals surface area contributed by atoms with Crippen molar-refractivity contribution < 1.29 is 24.1 Å². The van der Waals surface area contributed by atoms with Crippen molar-refractivity contribution in [1.29, 1.82) is 0 Å². The van der Waals surface area contributed by atoms with Crippen LogP contribution in [-0.4, -0.2) is 49.0 Å². The van der Waals surface area contributed by atoms with E-state index in [9.17, 15) is 9.90 Å². The van der Waals surface area contributed by atoms with Crippen molar-refractivity contribution in [3.05, 3.63) is 46.7 Å². The van der Waals surface area contributed by atoms with Crippen LogP contribution in [0.25, 0.3) is 0 Å². The molecule has 0 aromatic heterocycles. The Morgan fingerprint density at radius 2 is 2.06 bits per heavy atom. The van der Waals surface area contributed by atoms with Crippen LogP contribution in [0, 0.1) is 12.8 Å². The van der Waals surface area contributed by atoms with Crippen LogP contribution in [-0.2, 0) is 14.9 Å². The zero-order valence-corrected chi connectivity index (χ0v) is 18.9. The number of carbonyl (C=O) groups is 1. The van der Waals surface area contributed by atoms with Gasteiger partial charge in [-0.1, -0.05) is 12.1 Å². The molecule has 1 saturated heterocycles. The number of likely N-dealkylation sites (tertiary alicyclic amines) is 1. The summed E-state index contributed by atoms with van der Waals surface area (Å²) in [5, 5.41) is 11.3. The average Bonchev–Trinajstić information content (AvgIpc) is 3.56. The highest BCUT2D eigenvalue weighted by molar-refractivity contribution is 5.67. The van der Waals surface area contributed by atoms with Crippen LogP contribution < -0.4 is 4.74 Å². The maximum absolute atomic E-state index is 11.9. The molecule has 31 heavy (non-hydrogen) atoms. The third-order valence-electron chi connectivity index (χ3n) is 7.04. The fourth-order valence-corrected chi connectivity index (χ4v) is 5.27. The summed E-state index contributed by atoms with van der Waals surface area (Å²) in [7, 11) is 1.69. The Morgan fingerprint density at radius 3 is 2.74 bits per heavy atom. The minimum absolute atomic E-state index is 0.0131. The number of carbonyl (C=O) groups excluding carboxylic acids is 1. The van der Waals surface area contributed by atoms with E-state index in [0.717, 1.165) is 42.3 Å². The summed E-state index contributed by atoms with van der Waals surface area (Å²) in [4.78, 5) is 14.5. The number of aromatic hydroxyl groups is 1. The standard InChI is InChI=1S/C25H33NO5/c1-5-30-24(28)31-21-11-6-16(2)22(23(21)27)25-12-13-26(15-18-7-8-18)17(3)20(25)10-9-19(14-25)29-4/h6,9-11,17-18,27H,5,7-8,12-15H2,1-4H3. The lowest BCUT2D eigenvalue weighted by Crippen LogP contribution is -2.51. The molecule has 6 nitrogen and oxygen atoms in total. The summed E-state index contributed by atoms with van der Waals surface area (Å²) >= 11 is 0. The Kier molecular flexibility index (Phi) is 6.02. The second-order valence-corrected chi connectivity index (χ2v) is 8.97. The number of ether oxygens (including phenoxy) is 3. The van der Waals surface area contributed by atoms with E-state index in [1.54, 1.807) is 20.1 Å². The Morgan fingerprint density at radius 1 is 1.29 bits per heavy atom. The normalized spacial score (nSPS) is 25.9. The molecule has 0 amide bonds. The number of allylic oxidation sites excluding steroid dienone is 3. The Labute approximate surface area is 184 Å². The van der Waals surface area contributed by atoms with Gasteiger partial charge in [-0.05, 0) is 75.8 Å². The number of piperidine rings is 1. The van der Waals surface area contributed by atoms with E-state index in [1.807, 2.05) is 13.0 Å². The Balaban J connectivity index is 1.76. The Bertz CT molecular complexity index is 917. The minimum atomic E-state index is -0.811. The first-order valence-electron chi connectivity index (χ1n) is 11.3. The maximum Gasteiger partial charge on any atom is 0.513 e. The molecular formula is C25H33NO5. The van der Waals surface area contributed by atoms with Gasteiger partial charge in [0.05, 0.1) is 19.5 Å². The van der Waals surface area contributed by atoms with Gasteiger partial charge in [-0.25, -0.2) is 4.79 Å². The number of phenolic OH excluding ortho intramolecular Hbond substituents is 1. The van der Waals surface area contributed by atoms with Crippen LogP contribution in [0.4, 0.5) is 4.79 Å². The molecule has 2 fully saturated rings. The maximum atomic E-state index is 11.9. The van der Waals surface area contributed by atoms with E-state index >= 15 is 0 Å². The molecule has 1 heterocycles. The number of benzene rings is 1. The van der Waals surface area contributed by atoms with Crippen LogP contribution in [0.3, 0.4) is 0 Å². The van der Waals surface area contributed by atoms with Gasteiger partial charge >= 0.3 is 6.16 Å². The summed E-state index contributed by atoms with van der Waals surface area (Å²) in [6.07, 6.45) is 7.61. The van der Waals surface area contributed by atoms with E-state index in [0.29, 0.717) is 6.42 Å². The van der Waals surface area contributed by atoms with Crippen molar-refractivity contribution in [3.63, 3.8) is 0 Å². The average molecular weight is 428 g/mol. The number of hydrogen-bond donors (Lipinski definition) is 1. The lowest BCUT2D eigenvalue weighted by molar-refractivity contribution is 0.102. The number of rotatable bonds is 6. The predicted octanol–water partition coefficient (Wildman–Crippen LogP) is 4.84. The molecule has 4 rings (SSSR count). The fraction of sp³-hybridized carbons (Fsp3) is 0.560. The van der Waals surface area contributed by atoms with E-state index in [-0.39, 0.29) is 24.1 Å². The van der Waals surface area contributed by atoms with E-state index in [4.69, 9.17) is 14.2 Å². The van der Waals surface area contributed by atoms with Crippen LogP contribution in [0.15, 0.2) is 35.6 Å². The minimum Gasteiger partial charge on any atom is -0.504 e. The van der Waals surface area contributed by atoms with Gasteiger partial charge in [-0.15, -0.1) is 0 Å². The van der Waals surface area contributed by atoms with Crippen molar-refractivity contribution in [2.24, 2.45) is 5.92 Å². The molecule has 1 aromatic carbocycles. The number of nitrogens with zero attached hydrogens (tertiary/aromatic N) is 1. The van der Waals surface area contributed by atoms with Crippen LogP contribution >= 0.6 is 0 Å². The number of phenols is 1. The Hall–Kier alpha value is -2.47. The number of fused-ring (bicyclic) bond motifs is 1. The van der Waals surface area contributed by atoms with E-state index in [2.05, 4.69) is 24.0 Å². The monoisotopic (exact) mass is 427 g/mol. The SMILES string of the molecule is CCOC(=O)Oc1ccc(C)c(C23CCN(CC4CC4)C(C)C2=CC=C(OC)C3)c1O. The smallest absolute Gasteiger partial charge is 0.504 e. The summed E-state index contributed by atoms with van der Waals surface area (Å²) in [5.74, 6) is 1.86. The zero-order valence-electron chi connectivity index (χ0n) is 18.9. The first kappa shape index (κ1) is 21.8. The molecule has 2 unspecified atom stereocenters. The molecule has 0 radical (unpaired) electrons. The first-order chi connectivity index (χ1) is 14.9. The molecule has 2 atom stereocenters. The van der Waals surface area contributed by atoms with Crippen molar-refractivity contribution in [1.82, 2.24) is 4.90 Å². The van der Waals surface area contributed by atoms with Gasteiger partial charge in [0.15, 0.2) is 11.5 Å². The number of aryl methyl sites for hydroxylation is 1. The molecule has 1 N–H and O–H groups in total. The first-order valence-corrected chi connectivity index (χ1v) is 11.3. The summed E-state index contributed by atoms with van der Waals surface area (Å²) in [6, 6.07) is 3.80. The van der Waals surface area contributed by atoms with Crippen molar-refractivity contribution in [2.75, 3.05) is 26.8 Å². The zero-order chi connectivity index (χ0) is 22.2. The molecule has 0 bridgehead atoms. The molecule has 1 aromatic rings. The van der Waals surface area contributed by atoms with Gasteiger partial charge < -0.3 is 19.3 Å². The van der Waals surface area contributed by atoms with Gasteiger partial charge in [-0.2, -0.15) is 0 Å². The molecular weight excluding hydrogens is 394 g/mol. The predicted molar refractivity (Wildman–Crippen MR) is 118 cm³/mol. The fourth-order valence-electron chi connectivity index (χ4n) is 5.27. The second kappa shape index (κ2) is 8.58. The molecule has 3 aliphatic rings. The van der Waals surface area contributed by atoms with Gasteiger partial charge in [-0.3, -0.25) is 4.90 Å². The highest BCUT2D eigenvalue weighted by atomic mass is 16.7. The molecule has 1 aliphatic heterocycles. The van der Waals surface area contributed by atoms with E-state index < -0.39 is 11.6 Å². The molecule has 2 aliphatic carbocycles. The van der Waals surface area contributed by atoms with Crippen molar-refractivity contribution in [2.45, 2.75) is 57.9 Å². The van der Waals surface area contributed by atoms with Crippen LogP contribution in [0.2, 0.25) is 0 Å². The topological polar surface area (TPSA) is 68.2 Å². The molecule has 0 spiro atoms. The molecule has 6 heteroatoms. The van der Waals surface area contributed by atoms with Crippen molar-refractivity contribution in [3.8, 4) is 11.5 Å². The molecule has 1 saturated carbocycles. The lowest BCUT2D eigenvalue weighted by Gasteiger charge is -2.50. The highest BCUT2D eigenvalue weighted by Gasteiger charge is 2.48. The third-order valence-corrected chi connectivity index (χ3v) is 7.04. The quantitative estimate of drug-likeness (QED) is 0.518. The van der Waals surface area contributed by atoms with Crippen LogP contribution in [0.5, 0.6) is 11.5 Å². The lowest BCUT2D eigenvalue weighted by atomic mass is 9.61. The largest absolute Gasteiger partial charge is 0.513 e. The van der Waals surface area contributed by atoms with Gasteiger partial charge in [0.2, 0.25) is 0 Å². The third kappa shape index (κ3) is 4.05. The van der Waals surface area contributed by atoms with Gasteiger partial charge in [0, 0.05) is 30.0 Å². The second-order valence-electron chi connectivity index (χ2n) is 8.97. The summed E-state index contributed by atoms with van der Waals surface area (Å²) in [6.45, 7) is 8.28. The van der Waals surface area contributed by atoms with E-state index in [1.165, 1.54) is 18.4 Å². The van der Waals surface area contributed by atoms with Gasteiger partial charge in [0.25, 0.3) is 0 Å². The van der Waals surface area contributed by atoms with Gasteiger partial charge in [0.1, 0.15) is 0 Å². The number of hydrogen-bond acceptors (Lipinski definition) is 6. The summed E-state index contributed by atoms with van der Waals surface area (Å²) < 4.78 is 15.9. The van der Waals surface area contributed by atoms with Crippen LogP contribution in [0.1, 0.15) is 50.7 Å². The summed E-state index contributed by atoms with van der Waals surface area (Å²) in [5.41, 5.74) is 2.68.